The zero-order valence-electron chi connectivity index (χ0n) is 14.0. The summed E-state index contributed by atoms with van der Waals surface area (Å²) in [6, 6.07) is 5.66. The van der Waals surface area contributed by atoms with Gasteiger partial charge >= 0.3 is 0 Å². The summed E-state index contributed by atoms with van der Waals surface area (Å²) in [6.45, 7) is 7.60. The summed E-state index contributed by atoms with van der Waals surface area (Å²) in [5.74, 6) is 1.77. The highest BCUT2D eigenvalue weighted by Gasteiger charge is 2.05. The van der Waals surface area contributed by atoms with Crippen molar-refractivity contribution in [2.45, 2.75) is 33.6 Å². The molecule has 122 valence electrons. The predicted molar refractivity (Wildman–Crippen MR) is 90.3 cm³/mol. The van der Waals surface area contributed by atoms with Crippen molar-refractivity contribution in [3.63, 3.8) is 0 Å². The molecule has 1 amide bonds. The Morgan fingerprint density at radius 3 is 2.73 bits per heavy atom. The van der Waals surface area contributed by atoms with E-state index in [1.165, 1.54) is 6.08 Å². The van der Waals surface area contributed by atoms with E-state index in [2.05, 4.69) is 26.1 Å². The number of hydrogen-bond donors (Lipinski definition) is 1. The van der Waals surface area contributed by atoms with E-state index in [0.717, 1.165) is 24.2 Å². The van der Waals surface area contributed by atoms with E-state index in [1.807, 2.05) is 18.2 Å². The summed E-state index contributed by atoms with van der Waals surface area (Å²) >= 11 is 0. The molecule has 0 atom stereocenters. The van der Waals surface area contributed by atoms with Crippen molar-refractivity contribution in [1.29, 1.82) is 0 Å². The average molecular weight is 305 g/mol. The molecular weight excluding hydrogens is 278 g/mol. The molecule has 0 fully saturated rings. The molecule has 1 aromatic carbocycles. The van der Waals surface area contributed by atoms with Gasteiger partial charge in [0.05, 0.1) is 13.7 Å². The first-order valence-corrected chi connectivity index (χ1v) is 7.83. The van der Waals surface area contributed by atoms with Crippen LogP contribution >= 0.6 is 0 Å². The van der Waals surface area contributed by atoms with Crippen LogP contribution in [0.1, 0.15) is 39.2 Å². The number of methoxy groups -OCH3 is 1. The number of hydrogen-bond acceptors (Lipinski definition) is 3. The van der Waals surface area contributed by atoms with Crippen LogP contribution in [-0.4, -0.2) is 26.2 Å². The van der Waals surface area contributed by atoms with Gasteiger partial charge in [-0.05, 0) is 36.1 Å². The zero-order valence-corrected chi connectivity index (χ0v) is 14.0. The topological polar surface area (TPSA) is 47.6 Å². The van der Waals surface area contributed by atoms with Crippen LogP contribution in [-0.2, 0) is 4.79 Å². The zero-order chi connectivity index (χ0) is 16.4. The third kappa shape index (κ3) is 6.66. The Morgan fingerprint density at radius 1 is 1.32 bits per heavy atom. The lowest BCUT2D eigenvalue weighted by Crippen LogP contribution is -2.25. The Hall–Kier alpha value is -1.97. The van der Waals surface area contributed by atoms with E-state index < -0.39 is 0 Å². The molecule has 0 bridgehead atoms. The number of carbonyl (C=O) groups excluding carboxylic acids is 1. The van der Waals surface area contributed by atoms with Gasteiger partial charge in [0, 0.05) is 12.6 Å². The van der Waals surface area contributed by atoms with Gasteiger partial charge < -0.3 is 14.8 Å². The Morgan fingerprint density at radius 2 is 2.09 bits per heavy atom. The maximum absolute atomic E-state index is 11.7. The van der Waals surface area contributed by atoms with E-state index in [0.29, 0.717) is 24.8 Å². The molecule has 0 aliphatic rings. The van der Waals surface area contributed by atoms with Crippen LogP contribution in [0.15, 0.2) is 24.3 Å². The average Bonchev–Trinajstić information content (AvgIpc) is 2.51. The molecule has 0 aliphatic carbocycles. The highest BCUT2D eigenvalue weighted by molar-refractivity contribution is 5.91. The Balaban J connectivity index is 2.66. The molecule has 4 nitrogen and oxygen atoms in total. The minimum Gasteiger partial charge on any atom is -0.493 e. The van der Waals surface area contributed by atoms with Crippen LogP contribution in [0, 0.1) is 5.92 Å². The van der Waals surface area contributed by atoms with Gasteiger partial charge in [-0.3, -0.25) is 4.79 Å². The van der Waals surface area contributed by atoms with Crippen LogP contribution in [0.3, 0.4) is 0 Å². The summed E-state index contributed by atoms with van der Waals surface area (Å²) in [5, 5.41) is 2.84. The number of unbranched alkanes of at least 4 members (excludes halogenated alkanes) is 1. The monoisotopic (exact) mass is 305 g/mol. The third-order valence-corrected chi connectivity index (χ3v) is 3.05. The molecule has 4 heteroatoms. The molecule has 1 aromatic rings. The summed E-state index contributed by atoms with van der Waals surface area (Å²) < 4.78 is 11.0. The summed E-state index contributed by atoms with van der Waals surface area (Å²) in [7, 11) is 1.62. The van der Waals surface area contributed by atoms with Crippen molar-refractivity contribution in [3.05, 3.63) is 29.8 Å². The quantitative estimate of drug-likeness (QED) is 0.559. The largest absolute Gasteiger partial charge is 0.493 e. The molecule has 22 heavy (non-hydrogen) atoms. The predicted octanol–water partition coefficient (Wildman–Crippen LogP) is 3.66. The van der Waals surface area contributed by atoms with Gasteiger partial charge in [-0.2, -0.15) is 0 Å². The molecule has 0 saturated carbocycles. The molecule has 0 radical (unpaired) electrons. The van der Waals surface area contributed by atoms with Crippen LogP contribution in [0.4, 0.5) is 0 Å². The first-order valence-electron chi connectivity index (χ1n) is 7.83. The molecule has 0 saturated heterocycles. The normalized spacial score (nSPS) is 11.0. The van der Waals surface area contributed by atoms with Crippen molar-refractivity contribution in [2.75, 3.05) is 20.3 Å². The van der Waals surface area contributed by atoms with Gasteiger partial charge in [0.1, 0.15) is 0 Å². The van der Waals surface area contributed by atoms with E-state index in [9.17, 15) is 4.79 Å². The minimum absolute atomic E-state index is 0.0871. The maximum Gasteiger partial charge on any atom is 0.244 e. The van der Waals surface area contributed by atoms with Crippen molar-refractivity contribution >= 4 is 12.0 Å². The Labute approximate surface area is 133 Å². The summed E-state index contributed by atoms with van der Waals surface area (Å²) in [6.07, 6.45) is 5.41. The molecule has 0 spiro atoms. The highest BCUT2D eigenvalue weighted by atomic mass is 16.5. The van der Waals surface area contributed by atoms with Crippen molar-refractivity contribution in [1.82, 2.24) is 5.32 Å². The van der Waals surface area contributed by atoms with E-state index in [1.54, 1.807) is 13.2 Å². The fourth-order valence-corrected chi connectivity index (χ4v) is 1.77. The summed E-state index contributed by atoms with van der Waals surface area (Å²) in [5.41, 5.74) is 0.902. The number of rotatable bonds is 9. The van der Waals surface area contributed by atoms with Gasteiger partial charge in [-0.25, -0.2) is 0 Å². The smallest absolute Gasteiger partial charge is 0.244 e. The van der Waals surface area contributed by atoms with Crippen LogP contribution < -0.4 is 14.8 Å². The lowest BCUT2D eigenvalue weighted by atomic mass is 10.2. The number of ether oxygens (including phenoxy) is 2. The minimum atomic E-state index is -0.0871. The van der Waals surface area contributed by atoms with E-state index in [4.69, 9.17) is 9.47 Å². The van der Waals surface area contributed by atoms with Gasteiger partial charge in [0.15, 0.2) is 11.5 Å². The van der Waals surface area contributed by atoms with Gasteiger partial charge in [0.25, 0.3) is 0 Å². The van der Waals surface area contributed by atoms with Crippen molar-refractivity contribution < 1.29 is 14.3 Å². The molecule has 0 aliphatic heterocycles. The maximum atomic E-state index is 11.7. The van der Waals surface area contributed by atoms with E-state index in [-0.39, 0.29) is 5.91 Å². The Bertz CT molecular complexity index is 495. The van der Waals surface area contributed by atoms with Gasteiger partial charge in [-0.1, -0.05) is 33.3 Å². The SMILES string of the molecule is CCCCOc1ccc(/C=C/C(=O)NCC(C)C)cc1OC. The molecule has 0 heterocycles. The lowest BCUT2D eigenvalue weighted by molar-refractivity contribution is -0.116. The molecule has 1 rings (SSSR count). The molecular formula is C18H27NO3. The van der Waals surface area contributed by atoms with Crippen molar-refractivity contribution in [3.8, 4) is 11.5 Å². The number of benzene rings is 1. The second-order valence-electron chi connectivity index (χ2n) is 5.58. The van der Waals surface area contributed by atoms with Crippen molar-refractivity contribution in [2.24, 2.45) is 5.92 Å². The number of nitrogens with one attached hydrogen (secondary N) is 1. The standard InChI is InChI=1S/C18H27NO3/c1-5-6-11-22-16-9-7-15(12-17(16)21-4)8-10-18(20)19-13-14(2)3/h7-10,12,14H,5-6,11,13H2,1-4H3,(H,19,20)/b10-8+. The van der Waals surface area contributed by atoms with Gasteiger partial charge in [0.2, 0.25) is 5.91 Å². The van der Waals surface area contributed by atoms with Crippen LogP contribution in [0.25, 0.3) is 6.08 Å². The highest BCUT2D eigenvalue weighted by Crippen LogP contribution is 2.28. The summed E-state index contributed by atoms with van der Waals surface area (Å²) in [4.78, 5) is 11.7. The number of carbonyl (C=O) groups is 1. The van der Waals surface area contributed by atoms with Crippen LogP contribution in [0.2, 0.25) is 0 Å². The van der Waals surface area contributed by atoms with Crippen LogP contribution in [0.5, 0.6) is 11.5 Å². The first kappa shape index (κ1) is 18.1. The Kier molecular flexibility index (Phi) is 8.11. The third-order valence-electron chi connectivity index (χ3n) is 3.05. The van der Waals surface area contributed by atoms with Gasteiger partial charge in [-0.15, -0.1) is 0 Å². The molecule has 1 N–H and O–H groups in total. The molecule has 0 unspecified atom stereocenters. The first-order chi connectivity index (χ1) is 10.6. The van der Waals surface area contributed by atoms with E-state index >= 15 is 0 Å². The molecule has 0 aromatic heterocycles. The fraction of sp³-hybridized carbons (Fsp3) is 0.500. The fourth-order valence-electron chi connectivity index (χ4n) is 1.77. The number of amides is 1. The second-order valence-corrected chi connectivity index (χ2v) is 5.58. The second kappa shape index (κ2) is 9.87. The lowest BCUT2D eigenvalue weighted by Gasteiger charge is -2.11.